The lowest BCUT2D eigenvalue weighted by Crippen LogP contribution is -2.24. The van der Waals surface area contributed by atoms with E-state index in [9.17, 15) is 0 Å². The summed E-state index contributed by atoms with van der Waals surface area (Å²) in [5.41, 5.74) is 2.04. The molecular weight excluding hydrogens is 222 g/mol. The molecule has 0 bridgehead atoms. The lowest BCUT2D eigenvalue weighted by Gasteiger charge is -2.15. The minimum atomic E-state index is 0.557. The van der Waals surface area contributed by atoms with Gasteiger partial charge in [-0.3, -0.25) is 0 Å². The standard InChI is InChI=1S/C16H25NO/c1-3-16(11-14-7-5-4-6-8-14)12-15(16)13-17-9-10-18-2/h4-8,15,17H,3,9-13H2,1-2H3. The quantitative estimate of drug-likeness (QED) is 0.713. The van der Waals surface area contributed by atoms with Gasteiger partial charge in [-0.25, -0.2) is 0 Å². The van der Waals surface area contributed by atoms with Gasteiger partial charge in [-0.15, -0.1) is 0 Å². The highest BCUT2D eigenvalue weighted by Gasteiger charge is 2.51. The van der Waals surface area contributed by atoms with E-state index >= 15 is 0 Å². The molecule has 0 saturated heterocycles. The van der Waals surface area contributed by atoms with Crippen LogP contribution in [0.4, 0.5) is 0 Å². The molecule has 2 atom stereocenters. The Labute approximate surface area is 111 Å². The molecule has 2 nitrogen and oxygen atoms in total. The van der Waals surface area contributed by atoms with Crippen LogP contribution in [0.5, 0.6) is 0 Å². The fraction of sp³-hybridized carbons (Fsp3) is 0.625. The lowest BCUT2D eigenvalue weighted by atomic mass is 9.91. The largest absolute Gasteiger partial charge is 0.383 e. The van der Waals surface area contributed by atoms with Gasteiger partial charge in [0, 0.05) is 13.7 Å². The Morgan fingerprint density at radius 1 is 1.33 bits per heavy atom. The van der Waals surface area contributed by atoms with Crippen molar-refractivity contribution in [2.24, 2.45) is 11.3 Å². The Balaban J connectivity index is 1.79. The maximum atomic E-state index is 5.06. The summed E-state index contributed by atoms with van der Waals surface area (Å²) in [5.74, 6) is 0.847. The highest BCUT2D eigenvalue weighted by Crippen LogP contribution is 2.56. The van der Waals surface area contributed by atoms with Crippen molar-refractivity contribution in [2.75, 3.05) is 26.8 Å². The van der Waals surface area contributed by atoms with Gasteiger partial charge in [-0.1, -0.05) is 37.3 Å². The summed E-state index contributed by atoms with van der Waals surface area (Å²) >= 11 is 0. The van der Waals surface area contributed by atoms with Crippen molar-refractivity contribution in [1.82, 2.24) is 5.32 Å². The Kier molecular flexibility index (Phi) is 4.79. The van der Waals surface area contributed by atoms with E-state index in [1.807, 2.05) is 0 Å². The molecule has 2 heteroatoms. The number of nitrogens with one attached hydrogen (secondary N) is 1. The first-order valence-electron chi connectivity index (χ1n) is 7.04. The molecule has 0 aliphatic heterocycles. The maximum absolute atomic E-state index is 5.06. The van der Waals surface area contributed by atoms with Gasteiger partial charge in [0.05, 0.1) is 6.61 Å². The van der Waals surface area contributed by atoms with Crippen LogP contribution in [-0.4, -0.2) is 26.8 Å². The molecular formula is C16H25NO. The van der Waals surface area contributed by atoms with Crippen LogP contribution in [0.2, 0.25) is 0 Å². The second kappa shape index (κ2) is 6.35. The molecule has 1 aromatic carbocycles. The number of hydrogen-bond acceptors (Lipinski definition) is 2. The normalized spacial score (nSPS) is 26.2. The van der Waals surface area contributed by atoms with Crippen LogP contribution in [0.15, 0.2) is 30.3 Å². The van der Waals surface area contributed by atoms with Gasteiger partial charge in [0.25, 0.3) is 0 Å². The Morgan fingerprint density at radius 3 is 2.78 bits per heavy atom. The van der Waals surface area contributed by atoms with Crippen LogP contribution in [-0.2, 0) is 11.2 Å². The van der Waals surface area contributed by atoms with Gasteiger partial charge in [-0.05, 0) is 42.7 Å². The average Bonchev–Trinajstić information content (AvgIpc) is 3.10. The predicted octanol–water partition coefficient (Wildman–Crippen LogP) is 2.88. The Bertz CT molecular complexity index is 351. The van der Waals surface area contributed by atoms with Crippen molar-refractivity contribution in [3.8, 4) is 0 Å². The fourth-order valence-corrected chi connectivity index (χ4v) is 2.95. The van der Waals surface area contributed by atoms with Gasteiger partial charge in [0.1, 0.15) is 0 Å². The van der Waals surface area contributed by atoms with Gasteiger partial charge >= 0.3 is 0 Å². The van der Waals surface area contributed by atoms with Crippen molar-refractivity contribution in [1.29, 1.82) is 0 Å². The summed E-state index contributed by atoms with van der Waals surface area (Å²) in [7, 11) is 1.75. The van der Waals surface area contributed by atoms with E-state index in [-0.39, 0.29) is 0 Å². The van der Waals surface area contributed by atoms with Gasteiger partial charge in [-0.2, -0.15) is 0 Å². The zero-order valence-corrected chi connectivity index (χ0v) is 11.6. The molecule has 18 heavy (non-hydrogen) atoms. The number of methoxy groups -OCH3 is 1. The van der Waals surface area contributed by atoms with Crippen molar-refractivity contribution in [3.63, 3.8) is 0 Å². The number of hydrogen-bond donors (Lipinski definition) is 1. The molecule has 0 aromatic heterocycles. The summed E-state index contributed by atoms with van der Waals surface area (Å²) in [6.07, 6.45) is 3.90. The number of benzene rings is 1. The fourth-order valence-electron chi connectivity index (χ4n) is 2.95. The first-order chi connectivity index (χ1) is 8.80. The molecule has 1 N–H and O–H groups in total. The molecule has 1 saturated carbocycles. The summed E-state index contributed by atoms with van der Waals surface area (Å²) < 4.78 is 5.06. The SMILES string of the molecule is CCC1(Cc2ccccc2)CC1CNCCOC. The average molecular weight is 247 g/mol. The molecule has 1 aromatic rings. The van der Waals surface area contributed by atoms with Crippen LogP contribution in [0.25, 0.3) is 0 Å². The van der Waals surface area contributed by atoms with E-state index in [1.54, 1.807) is 7.11 Å². The van der Waals surface area contributed by atoms with Crippen LogP contribution < -0.4 is 5.32 Å². The monoisotopic (exact) mass is 247 g/mol. The summed E-state index contributed by atoms with van der Waals surface area (Å²) in [6.45, 7) is 5.25. The van der Waals surface area contributed by atoms with Crippen molar-refractivity contribution < 1.29 is 4.74 Å². The molecule has 0 heterocycles. The van der Waals surface area contributed by atoms with Gasteiger partial charge in [0.15, 0.2) is 0 Å². The van der Waals surface area contributed by atoms with Crippen molar-refractivity contribution in [3.05, 3.63) is 35.9 Å². The van der Waals surface area contributed by atoms with Crippen LogP contribution >= 0.6 is 0 Å². The van der Waals surface area contributed by atoms with E-state index in [4.69, 9.17) is 4.74 Å². The summed E-state index contributed by atoms with van der Waals surface area (Å²) in [5, 5.41) is 3.50. The molecule has 0 spiro atoms. The highest BCUT2D eigenvalue weighted by atomic mass is 16.5. The lowest BCUT2D eigenvalue weighted by molar-refractivity contribution is 0.198. The molecule has 2 unspecified atom stereocenters. The molecule has 0 amide bonds. The van der Waals surface area contributed by atoms with E-state index in [0.29, 0.717) is 5.41 Å². The molecule has 1 fully saturated rings. The molecule has 0 radical (unpaired) electrons. The second-order valence-corrected chi connectivity index (χ2v) is 5.48. The second-order valence-electron chi connectivity index (χ2n) is 5.48. The molecule has 100 valence electrons. The smallest absolute Gasteiger partial charge is 0.0587 e. The van der Waals surface area contributed by atoms with Crippen LogP contribution in [0.1, 0.15) is 25.3 Å². The molecule has 1 aliphatic rings. The first-order valence-corrected chi connectivity index (χ1v) is 7.04. The van der Waals surface area contributed by atoms with E-state index in [2.05, 4.69) is 42.6 Å². The highest BCUT2D eigenvalue weighted by molar-refractivity contribution is 5.20. The summed E-state index contributed by atoms with van der Waals surface area (Å²) in [6, 6.07) is 10.9. The third-order valence-electron chi connectivity index (χ3n) is 4.34. The zero-order chi connectivity index (χ0) is 12.8. The van der Waals surface area contributed by atoms with Crippen LogP contribution in [0.3, 0.4) is 0 Å². The Hall–Kier alpha value is -0.860. The number of rotatable bonds is 8. The topological polar surface area (TPSA) is 21.3 Å². The number of ether oxygens (including phenoxy) is 1. The van der Waals surface area contributed by atoms with E-state index in [1.165, 1.54) is 24.8 Å². The Morgan fingerprint density at radius 2 is 2.11 bits per heavy atom. The third-order valence-corrected chi connectivity index (χ3v) is 4.34. The third kappa shape index (κ3) is 3.33. The zero-order valence-electron chi connectivity index (χ0n) is 11.6. The predicted molar refractivity (Wildman–Crippen MR) is 75.7 cm³/mol. The van der Waals surface area contributed by atoms with Crippen molar-refractivity contribution in [2.45, 2.75) is 26.2 Å². The van der Waals surface area contributed by atoms with Gasteiger partial charge in [0.2, 0.25) is 0 Å². The minimum Gasteiger partial charge on any atom is -0.383 e. The van der Waals surface area contributed by atoms with Gasteiger partial charge < -0.3 is 10.1 Å². The minimum absolute atomic E-state index is 0.557. The van der Waals surface area contributed by atoms with E-state index in [0.717, 1.165) is 25.6 Å². The summed E-state index contributed by atoms with van der Waals surface area (Å²) in [4.78, 5) is 0. The molecule has 1 aliphatic carbocycles. The first kappa shape index (κ1) is 13.6. The van der Waals surface area contributed by atoms with Crippen molar-refractivity contribution >= 4 is 0 Å². The van der Waals surface area contributed by atoms with Crippen LogP contribution in [0, 0.1) is 11.3 Å². The maximum Gasteiger partial charge on any atom is 0.0587 e. The van der Waals surface area contributed by atoms with E-state index < -0.39 is 0 Å². The molecule has 2 rings (SSSR count).